The van der Waals surface area contributed by atoms with Crippen LogP contribution in [0.3, 0.4) is 0 Å². The number of hydrogen-bond acceptors (Lipinski definition) is 3. The van der Waals surface area contributed by atoms with E-state index in [0.29, 0.717) is 6.04 Å². The van der Waals surface area contributed by atoms with Crippen molar-refractivity contribution >= 4 is 5.95 Å². The molecule has 1 unspecified atom stereocenters. The van der Waals surface area contributed by atoms with Crippen molar-refractivity contribution in [2.75, 3.05) is 31.6 Å². The second-order valence-corrected chi connectivity index (χ2v) is 5.24. The van der Waals surface area contributed by atoms with Gasteiger partial charge < -0.3 is 14.8 Å². The number of imidazole rings is 1. The topological polar surface area (TPSA) is 33.1 Å². The fraction of sp³-hybridized carbons (Fsp3) is 0.769. The molecule has 0 amide bonds. The molecule has 1 saturated heterocycles. The molecule has 0 saturated carbocycles. The highest BCUT2D eigenvalue weighted by atomic mass is 15.3. The Morgan fingerprint density at radius 2 is 2.35 bits per heavy atom. The summed E-state index contributed by atoms with van der Waals surface area (Å²) in [5, 5.41) is 3.29. The molecule has 2 heterocycles. The summed E-state index contributed by atoms with van der Waals surface area (Å²) >= 11 is 0. The van der Waals surface area contributed by atoms with Gasteiger partial charge in [-0.1, -0.05) is 0 Å². The van der Waals surface area contributed by atoms with Gasteiger partial charge >= 0.3 is 0 Å². The van der Waals surface area contributed by atoms with E-state index in [1.807, 2.05) is 13.2 Å². The van der Waals surface area contributed by atoms with Gasteiger partial charge in [-0.3, -0.25) is 0 Å². The van der Waals surface area contributed by atoms with E-state index in [9.17, 15) is 0 Å². The smallest absolute Gasteiger partial charge is 0.205 e. The maximum Gasteiger partial charge on any atom is 0.205 e. The van der Waals surface area contributed by atoms with Crippen LogP contribution in [-0.4, -0.2) is 36.2 Å². The van der Waals surface area contributed by atoms with Gasteiger partial charge in [-0.2, -0.15) is 0 Å². The number of rotatable bonds is 4. The van der Waals surface area contributed by atoms with E-state index < -0.39 is 0 Å². The zero-order chi connectivity index (χ0) is 12.3. The van der Waals surface area contributed by atoms with Crippen molar-refractivity contribution in [2.45, 2.75) is 32.7 Å². The highest BCUT2D eigenvalue weighted by Gasteiger charge is 2.22. The third kappa shape index (κ3) is 2.80. The average Bonchev–Trinajstić information content (AvgIpc) is 2.79. The molecular weight excluding hydrogens is 212 g/mol. The van der Waals surface area contributed by atoms with Crippen LogP contribution in [0.2, 0.25) is 0 Å². The Balaban J connectivity index is 2.08. The van der Waals surface area contributed by atoms with E-state index in [0.717, 1.165) is 31.5 Å². The minimum Gasteiger partial charge on any atom is -0.342 e. The lowest BCUT2D eigenvalue weighted by atomic mass is 9.98. The van der Waals surface area contributed by atoms with Crippen molar-refractivity contribution in [2.24, 2.45) is 5.92 Å². The minimum absolute atomic E-state index is 0.483. The van der Waals surface area contributed by atoms with Gasteiger partial charge in [-0.05, 0) is 46.2 Å². The number of nitrogens with one attached hydrogen (secondary N) is 1. The van der Waals surface area contributed by atoms with Crippen molar-refractivity contribution in [1.82, 2.24) is 14.9 Å². The number of piperidine rings is 1. The third-order valence-corrected chi connectivity index (χ3v) is 3.50. The van der Waals surface area contributed by atoms with Crippen LogP contribution in [0.15, 0.2) is 12.4 Å². The quantitative estimate of drug-likeness (QED) is 0.867. The lowest BCUT2D eigenvalue weighted by Crippen LogP contribution is -2.40. The molecule has 1 aromatic heterocycles. The molecule has 1 atom stereocenters. The minimum atomic E-state index is 0.483. The fourth-order valence-electron chi connectivity index (χ4n) is 2.66. The Morgan fingerprint density at radius 1 is 1.53 bits per heavy atom. The van der Waals surface area contributed by atoms with Crippen LogP contribution in [0.5, 0.6) is 0 Å². The molecular formula is C13H24N4. The zero-order valence-electron chi connectivity index (χ0n) is 11.2. The molecule has 0 bridgehead atoms. The van der Waals surface area contributed by atoms with Gasteiger partial charge in [-0.15, -0.1) is 0 Å². The van der Waals surface area contributed by atoms with E-state index in [1.54, 1.807) is 0 Å². The van der Waals surface area contributed by atoms with Crippen molar-refractivity contribution in [1.29, 1.82) is 0 Å². The number of nitrogens with zero attached hydrogens (tertiary/aromatic N) is 3. The SMILES string of the molecule is CNCC1CCCN(c2nccn2C(C)C)C1. The van der Waals surface area contributed by atoms with Gasteiger partial charge in [0.25, 0.3) is 0 Å². The summed E-state index contributed by atoms with van der Waals surface area (Å²) < 4.78 is 2.27. The van der Waals surface area contributed by atoms with Gasteiger partial charge in [0.1, 0.15) is 0 Å². The number of hydrogen-bond donors (Lipinski definition) is 1. The first-order valence-corrected chi connectivity index (χ1v) is 6.64. The zero-order valence-corrected chi connectivity index (χ0v) is 11.2. The summed E-state index contributed by atoms with van der Waals surface area (Å²) in [4.78, 5) is 6.96. The summed E-state index contributed by atoms with van der Waals surface area (Å²) in [6, 6.07) is 0.483. The fourth-order valence-corrected chi connectivity index (χ4v) is 2.66. The molecule has 0 radical (unpaired) electrons. The second kappa shape index (κ2) is 5.54. The Morgan fingerprint density at radius 3 is 3.06 bits per heavy atom. The van der Waals surface area contributed by atoms with E-state index >= 15 is 0 Å². The standard InChI is InChI=1S/C13H24N4/c1-11(2)17-8-6-15-13(17)16-7-4-5-12(10-16)9-14-3/h6,8,11-12,14H,4-5,7,9-10H2,1-3H3. The summed E-state index contributed by atoms with van der Waals surface area (Å²) in [7, 11) is 2.04. The molecule has 17 heavy (non-hydrogen) atoms. The summed E-state index contributed by atoms with van der Waals surface area (Å²) in [6.45, 7) is 7.80. The van der Waals surface area contributed by atoms with Crippen molar-refractivity contribution in [3.8, 4) is 0 Å². The Hall–Kier alpha value is -1.03. The van der Waals surface area contributed by atoms with Crippen LogP contribution in [-0.2, 0) is 0 Å². The van der Waals surface area contributed by atoms with E-state index in [1.165, 1.54) is 12.8 Å². The molecule has 96 valence electrons. The lowest BCUT2D eigenvalue weighted by Gasteiger charge is -2.34. The molecule has 4 nitrogen and oxygen atoms in total. The van der Waals surface area contributed by atoms with Crippen LogP contribution < -0.4 is 10.2 Å². The molecule has 1 fully saturated rings. The predicted octanol–water partition coefficient (Wildman–Crippen LogP) is 1.90. The van der Waals surface area contributed by atoms with E-state index in [-0.39, 0.29) is 0 Å². The average molecular weight is 236 g/mol. The Kier molecular flexibility index (Phi) is 4.05. The summed E-state index contributed by atoms with van der Waals surface area (Å²) in [5.41, 5.74) is 0. The molecule has 1 aliphatic rings. The largest absolute Gasteiger partial charge is 0.342 e. The molecule has 1 N–H and O–H groups in total. The maximum absolute atomic E-state index is 4.52. The molecule has 1 aliphatic heterocycles. The molecule has 2 rings (SSSR count). The maximum atomic E-state index is 4.52. The predicted molar refractivity (Wildman–Crippen MR) is 71.5 cm³/mol. The van der Waals surface area contributed by atoms with Crippen LogP contribution in [0.25, 0.3) is 0 Å². The number of aromatic nitrogens is 2. The van der Waals surface area contributed by atoms with E-state index in [4.69, 9.17) is 0 Å². The molecule has 4 heteroatoms. The van der Waals surface area contributed by atoms with Crippen molar-refractivity contribution < 1.29 is 0 Å². The normalized spacial score (nSPS) is 21.2. The number of anilines is 1. The highest BCUT2D eigenvalue weighted by Crippen LogP contribution is 2.23. The highest BCUT2D eigenvalue weighted by molar-refractivity contribution is 5.32. The Labute approximate surface area is 104 Å². The van der Waals surface area contributed by atoms with Crippen LogP contribution in [0.4, 0.5) is 5.95 Å². The van der Waals surface area contributed by atoms with Crippen molar-refractivity contribution in [3.05, 3.63) is 12.4 Å². The van der Waals surface area contributed by atoms with Gasteiger partial charge in [0.15, 0.2) is 0 Å². The van der Waals surface area contributed by atoms with Gasteiger partial charge in [0.2, 0.25) is 5.95 Å². The van der Waals surface area contributed by atoms with Crippen LogP contribution >= 0.6 is 0 Å². The lowest BCUT2D eigenvalue weighted by molar-refractivity contribution is 0.394. The van der Waals surface area contributed by atoms with E-state index in [2.05, 4.69) is 39.8 Å². The third-order valence-electron chi connectivity index (χ3n) is 3.50. The van der Waals surface area contributed by atoms with Gasteiger partial charge in [0, 0.05) is 31.5 Å². The molecule has 0 aromatic carbocycles. The monoisotopic (exact) mass is 236 g/mol. The summed E-state index contributed by atoms with van der Waals surface area (Å²) in [6.07, 6.45) is 6.61. The Bertz CT molecular complexity index is 343. The molecule has 1 aromatic rings. The van der Waals surface area contributed by atoms with Gasteiger partial charge in [-0.25, -0.2) is 4.98 Å². The summed E-state index contributed by atoms with van der Waals surface area (Å²) in [5.74, 6) is 1.90. The second-order valence-electron chi connectivity index (χ2n) is 5.24. The van der Waals surface area contributed by atoms with Crippen LogP contribution in [0.1, 0.15) is 32.7 Å². The van der Waals surface area contributed by atoms with Gasteiger partial charge in [0.05, 0.1) is 0 Å². The first kappa shape index (κ1) is 12.4. The first-order chi connectivity index (χ1) is 8.22. The van der Waals surface area contributed by atoms with Crippen LogP contribution in [0, 0.1) is 5.92 Å². The first-order valence-electron chi connectivity index (χ1n) is 6.64. The molecule has 0 spiro atoms. The van der Waals surface area contributed by atoms with Crippen molar-refractivity contribution in [3.63, 3.8) is 0 Å². The molecule has 0 aliphatic carbocycles.